The molecule has 21 heavy (non-hydrogen) atoms. The van der Waals surface area contributed by atoms with Gasteiger partial charge in [-0.1, -0.05) is 12.1 Å². The van der Waals surface area contributed by atoms with Crippen molar-refractivity contribution in [2.45, 2.75) is 6.92 Å². The van der Waals surface area contributed by atoms with Crippen LogP contribution in [0.1, 0.15) is 5.69 Å². The van der Waals surface area contributed by atoms with Crippen LogP contribution in [0.5, 0.6) is 0 Å². The second-order valence-electron chi connectivity index (χ2n) is 4.43. The van der Waals surface area contributed by atoms with Crippen LogP contribution in [0.3, 0.4) is 0 Å². The van der Waals surface area contributed by atoms with Gasteiger partial charge in [0.2, 0.25) is 5.43 Å². The molecule has 7 heteroatoms. The molecule has 0 radical (unpaired) electrons. The molecule has 0 aliphatic rings. The number of nitrogens with zero attached hydrogens (tertiary/aromatic N) is 3. The Kier molecular flexibility index (Phi) is 3.26. The van der Waals surface area contributed by atoms with Gasteiger partial charge in [0.15, 0.2) is 10.8 Å². The van der Waals surface area contributed by atoms with Crippen molar-refractivity contribution in [3.05, 3.63) is 57.4 Å². The third-order valence-corrected chi connectivity index (χ3v) is 3.63. The first-order valence-corrected chi connectivity index (χ1v) is 7.01. The van der Waals surface area contributed by atoms with Crippen LogP contribution in [0.15, 0.2) is 40.5 Å². The first-order valence-electron chi connectivity index (χ1n) is 6.13. The highest BCUT2D eigenvalue weighted by Gasteiger charge is 2.14. The summed E-state index contributed by atoms with van der Waals surface area (Å²) in [6, 6.07) is 7.65. The Labute approximate surface area is 123 Å². The maximum atomic E-state index is 13.9. The van der Waals surface area contributed by atoms with E-state index in [4.69, 9.17) is 5.73 Å². The molecule has 0 fully saturated rings. The number of rotatable bonds is 2. The molecule has 2 heterocycles. The van der Waals surface area contributed by atoms with Crippen molar-refractivity contribution in [1.29, 1.82) is 0 Å². The van der Waals surface area contributed by atoms with Crippen LogP contribution in [0.2, 0.25) is 0 Å². The molecule has 0 unspecified atom stereocenters. The molecular formula is C14H11FN4OS. The summed E-state index contributed by atoms with van der Waals surface area (Å²) in [7, 11) is 0. The molecule has 0 atom stereocenters. The minimum absolute atomic E-state index is 0.150. The number of anilines is 1. The molecular weight excluding hydrogens is 291 g/mol. The average molecular weight is 302 g/mol. The molecule has 0 saturated carbocycles. The zero-order chi connectivity index (χ0) is 15.0. The Morgan fingerprint density at radius 1 is 1.33 bits per heavy atom. The number of nitrogens with two attached hydrogens (primary N) is 1. The third kappa shape index (κ3) is 2.43. The summed E-state index contributed by atoms with van der Waals surface area (Å²) in [5.41, 5.74) is 6.67. The highest BCUT2D eigenvalue weighted by atomic mass is 32.1. The van der Waals surface area contributed by atoms with Gasteiger partial charge in [0.1, 0.15) is 17.2 Å². The van der Waals surface area contributed by atoms with Crippen LogP contribution in [0, 0.1) is 12.7 Å². The van der Waals surface area contributed by atoms with Crippen molar-refractivity contribution in [1.82, 2.24) is 14.8 Å². The van der Waals surface area contributed by atoms with Crippen molar-refractivity contribution < 1.29 is 4.39 Å². The van der Waals surface area contributed by atoms with E-state index >= 15 is 0 Å². The van der Waals surface area contributed by atoms with E-state index in [1.807, 2.05) is 0 Å². The number of aromatic nitrogens is 3. The number of aryl methyl sites for hydroxylation is 1. The number of hydrogen-bond donors (Lipinski definition) is 1. The summed E-state index contributed by atoms with van der Waals surface area (Å²) in [5.74, 6) is -0.416. The largest absolute Gasteiger partial charge is 0.375 e. The van der Waals surface area contributed by atoms with Gasteiger partial charge in [-0.3, -0.25) is 4.79 Å². The number of hydrogen-bond acceptors (Lipinski definition) is 5. The molecule has 5 nitrogen and oxygen atoms in total. The number of para-hydroxylation sites is 1. The van der Waals surface area contributed by atoms with E-state index in [1.54, 1.807) is 30.5 Å². The Morgan fingerprint density at radius 3 is 2.76 bits per heavy atom. The molecule has 0 aliphatic heterocycles. The maximum Gasteiger partial charge on any atom is 0.210 e. The van der Waals surface area contributed by atoms with Gasteiger partial charge < -0.3 is 5.73 Å². The minimum atomic E-state index is -0.416. The summed E-state index contributed by atoms with van der Waals surface area (Å²) in [6.07, 6.45) is 0. The van der Waals surface area contributed by atoms with E-state index in [0.717, 1.165) is 0 Å². The Morgan fingerprint density at radius 2 is 2.10 bits per heavy atom. The summed E-state index contributed by atoms with van der Waals surface area (Å²) in [4.78, 5) is 16.1. The summed E-state index contributed by atoms with van der Waals surface area (Å²) in [5, 5.41) is 6.24. The van der Waals surface area contributed by atoms with E-state index < -0.39 is 5.82 Å². The first kappa shape index (κ1) is 13.4. The molecule has 2 N–H and O–H groups in total. The van der Waals surface area contributed by atoms with Gasteiger partial charge in [0, 0.05) is 17.1 Å². The first-order chi connectivity index (χ1) is 10.1. The fourth-order valence-corrected chi connectivity index (χ4v) is 2.54. The second kappa shape index (κ2) is 5.10. The van der Waals surface area contributed by atoms with Gasteiger partial charge in [0.25, 0.3) is 0 Å². The fourth-order valence-electron chi connectivity index (χ4n) is 1.99. The predicted octanol–water partition coefficient (Wildman–Crippen LogP) is 2.39. The van der Waals surface area contributed by atoms with Crippen LogP contribution in [-0.4, -0.2) is 14.8 Å². The number of nitrogen functional groups attached to an aromatic ring is 1. The Hall–Kier alpha value is -2.54. The molecule has 0 amide bonds. The van der Waals surface area contributed by atoms with E-state index in [-0.39, 0.29) is 16.8 Å². The lowest BCUT2D eigenvalue weighted by molar-refractivity contribution is 0.606. The highest BCUT2D eigenvalue weighted by molar-refractivity contribution is 7.13. The van der Waals surface area contributed by atoms with Gasteiger partial charge >= 0.3 is 0 Å². The van der Waals surface area contributed by atoms with Crippen LogP contribution in [0.4, 0.5) is 9.52 Å². The Bertz CT molecular complexity index is 871. The van der Waals surface area contributed by atoms with E-state index in [9.17, 15) is 9.18 Å². The van der Waals surface area contributed by atoms with E-state index in [2.05, 4.69) is 10.1 Å². The SMILES string of the molecule is Cc1cc(=O)c(-c2csc(N)n2)nn1-c1ccccc1F. The molecule has 0 bridgehead atoms. The van der Waals surface area contributed by atoms with Crippen LogP contribution in [0.25, 0.3) is 17.1 Å². The monoisotopic (exact) mass is 302 g/mol. The van der Waals surface area contributed by atoms with Gasteiger partial charge in [-0.2, -0.15) is 5.10 Å². The quantitative estimate of drug-likeness (QED) is 0.789. The fraction of sp³-hybridized carbons (Fsp3) is 0.0714. The van der Waals surface area contributed by atoms with Crippen LogP contribution >= 0.6 is 11.3 Å². The standard InChI is InChI=1S/C14H11FN4OS/c1-8-6-12(20)13(10-7-21-14(16)17-10)18-19(8)11-5-3-2-4-9(11)15/h2-7H,1H3,(H2,16,17). The van der Waals surface area contributed by atoms with Crippen molar-refractivity contribution in [3.63, 3.8) is 0 Å². The summed E-state index contributed by atoms with van der Waals surface area (Å²) >= 11 is 1.22. The maximum absolute atomic E-state index is 13.9. The number of thiazole rings is 1. The highest BCUT2D eigenvalue weighted by Crippen LogP contribution is 2.20. The van der Waals surface area contributed by atoms with Gasteiger partial charge in [-0.05, 0) is 19.1 Å². The lowest BCUT2D eigenvalue weighted by Crippen LogP contribution is -2.16. The molecule has 3 rings (SSSR count). The van der Waals surface area contributed by atoms with Gasteiger partial charge in [-0.15, -0.1) is 11.3 Å². The zero-order valence-electron chi connectivity index (χ0n) is 11.1. The second-order valence-corrected chi connectivity index (χ2v) is 5.32. The molecule has 0 aliphatic carbocycles. The Balaban J connectivity index is 2.24. The molecule has 0 saturated heterocycles. The van der Waals surface area contributed by atoms with Crippen molar-refractivity contribution in [2.75, 3.05) is 5.73 Å². The minimum Gasteiger partial charge on any atom is -0.375 e. The lowest BCUT2D eigenvalue weighted by atomic mass is 10.2. The molecule has 0 spiro atoms. The van der Waals surface area contributed by atoms with Gasteiger partial charge in [-0.25, -0.2) is 14.1 Å². The van der Waals surface area contributed by atoms with Crippen LogP contribution in [-0.2, 0) is 0 Å². The van der Waals surface area contributed by atoms with Gasteiger partial charge in [0.05, 0.1) is 0 Å². The number of halogens is 1. The molecule has 1 aromatic carbocycles. The molecule has 106 valence electrons. The topological polar surface area (TPSA) is 73.8 Å². The zero-order valence-corrected chi connectivity index (χ0v) is 11.9. The average Bonchev–Trinajstić information content (AvgIpc) is 2.86. The van der Waals surface area contributed by atoms with E-state index in [1.165, 1.54) is 28.2 Å². The lowest BCUT2D eigenvalue weighted by Gasteiger charge is -2.11. The predicted molar refractivity (Wildman–Crippen MR) is 80.0 cm³/mol. The molecule has 2 aromatic heterocycles. The third-order valence-electron chi connectivity index (χ3n) is 2.95. The van der Waals surface area contributed by atoms with Crippen molar-refractivity contribution in [3.8, 4) is 17.1 Å². The van der Waals surface area contributed by atoms with Crippen molar-refractivity contribution >= 4 is 16.5 Å². The molecule has 3 aromatic rings. The van der Waals surface area contributed by atoms with Crippen LogP contribution < -0.4 is 11.2 Å². The number of benzene rings is 1. The summed E-state index contributed by atoms with van der Waals surface area (Å²) in [6.45, 7) is 1.69. The normalized spacial score (nSPS) is 10.8. The smallest absolute Gasteiger partial charge is 0.210 e. The van der Waals surface area contributed by atoms with Crippen molar-refractivity contribution in [2.24, 2.45) is 0 Å². The van der Waals surface area contributed by atoms with E-state index in [0.29, 0.717) is 16.5 Å². The summed E-state index contributed by atoms with van der Waals surface area (Å²) < 4.78 is 15.3.